The Kier molecular flexibility index (Phi) is 2.98. The van der Waals surface area contributed by atoms with Crippen LogP contribution in [0.3, 0.4) is 0 Å². The van der Waals surface area contributed by atoms with Gasteiger partial charge in [-0.25, -0.2) is 4.99 Å². The first kappa shape index (κ1) is 13.4. The molecule has 1 aromatic carbocycles. The summed E-state index contributed by atoms with van der Waals surface area (Å²) in [5.41, 5.74) is 1.82. The Morgan fingerprint density at radius 2 is 2.05 bits per heavy atom. The molecule has 2 heterocycles. The van der Waals surface area contributed by atoms with Crippen LogP contribution in [0, 0.1) is 6.92 Å². The highest BCUT2D eigenvalue weighted by atomic mass is 16.6. The summed E-state index contributed by atoms with van der Waals surface area (Å²) in [6, 6.07) is 8.45. The van der Waals surface area contributed by atoms with Crippen molar-refractivity contribution < 1.29 is 9.47 Å². The molecular weight excluding hydrogens is 250 g/mol. The van der Waals surface area contributed by atoms with E-state index in [0.717, 1.165) is 12.3 Å². The van der Waals surface area contributed by atoms with Crippen molar-refractivity contribution in [1.82, 2.24) is 0 Å². The highest BCUT2D eigenvalue weighted by Gasteiger charge is 2.63. The van der Waals surface area contributed by atoms with Gasteiger partial charge >= 0.3 is 0 Å². The molecule has 2 aliphatic heterocycles. The number of ether oxygens (including phenoxy) is 2. The van der Waals surface area contributed by atoms with Gasteiger partial charge in [-0.05, 0) is 26.3 Å². The van der Waals surface area contributed by atoms with Crippen molar-refractivity contribution in [3.05, 3.63) is 48.0 Å². The van der Waals surface area contributed by atoms with E-state index in [2.05, 4.69) is 56.6 Å². The molecule has 0 spiro atoms. The van der Waals surface area contributed by atoms with Gasteiger partial charge in [0.15, 0.2) is 5.60 Å². The van der Waals surface area contributed by atoms with Crippen molar-refractivity contribution >= 4 is 5.90 Å². The molecule has 0 bridgehead atoms. The molecule has 0 N–H and O–H groups in total. The van der Waals surface area contributed by atoms with Crippen LogP contribution in [-0.2, 0) is 9.47 Å². The molecule has 2 atom stereocenters. The largest absolute Gasteiger partial charge is 0.476 e. The Labute approximate surface area is 120 Å². The maximum atomic E-state index is 6.02. The van der Waals surface area contributed by atoms with E-state index in [1.807, 2.05) is 6.08 Å². The Morgan fingerprint density at radius 1 is 1.35 bits per heavy atom. The SMILES string of the molecule is C=CC[C@]1(C2=NC(C)(C)CO2)O[C@@H]1c1ccc(C)cc1. The molecule has 0 unspecified atom stereocenters. The van der Waals surface area contributed by atoms with Gasteiger partial charge in [-0.2, -0.15) is 0 Å². The van der Waals surface area contributed by atoms with Crippen LogP contribution in [0.5, 0.6) is 0 Å². The number of aliphatic imine (C=N–C) groups is 1. The molecule has 2 aliphatic rings. The molecule has 1 saturated heterocycles. The summed E-state index contributed by atoms with van der Waals surface area (Å²) in [5, 5.41) is 0. The normalized spacial score (nSPS) is 30.6. The predicted molar refractivity (Wildman–Crippen MR) is 80.0 cm³/mol. The summed E-state index contributed by atoms with van der Waals surface area (Å²) in [7, 11) is 0. The predicted octanol–water partition coefficient (Wildman–Crippen LogP) is 3.59. The molecular formula is C17H21NO2. The molecule has 0 radical (unpaired) electrons. The third-order valence-corrected chi connectivity index (χ3v) is 3.85. The lowest BCUT2D eigenvalue weighted by atomic mass is 9.95. The van der Waals surface area contributed by atoms with Crippen LogP contribution in [0.1, 0.15) is 37.5 Å². The molecule has 0 amide bonds. The van der Waals surface area contributed by atoms with Crippen molar-refractivity contribution in [1.29, 1.82) is 0 Å². The number of aryl methyl sites for hydroxylation is 1. The first-order valence-electron chi connectivity index (χ1n) is 7.05. The second-order valence-electron chi connectivity index (χ2n) is 6.31. The van der Waals surface area contributed by atoms with E-state index in [9.17, 15) is 0 Å². The molecule has 20 heavy (non-hydrogen) atoms. The van der Waals surface area contributed by atoms with Crippen molar-refractivity contribution in [3.8, 4) is 0 Å². The van der Waals surface area contributed by atoms with E-state index >= 15 is 0 Å². The number of rotatable bonds is 4. The van der Waals surface area contributed by atoms with Crippen LogP contribution in [0.2, 0.25) is 0 Å². The molecule has 3 nitrogen and oxygen atoms in total. The standard InChI is InChI=1S/C17H21NO2/c1-5-10-17(15-18-16(3,4)11-19-15)14(20-17)13-8-6-12(2)7-9-13/h5-9,14H,1,10-11H2,2-4H3/t14-,17+/m1/s1. The Bertz CT molecular complexity index is 559. The summed E-state index contributed by atoms with van der Waals surface area (Å²) >= 11 is 0. The van der Waals surface area contributed by atoms with Crippen molar-refractivity contribution in [2.75, 3.05) is 6.61 Å². The molecule has 1 aromatic rings. The average molecular weight is 271 g/mol. The highest BCUT2D eigenvalue weighted by molar-refractivity contribution is 5.90. The van der Waals surface area contributed by atoms with E-state index in [1.54, 1.807) is 0 Å². The maximum absolute atomic E-state index is 6.02. The molecule has 1 fully saturated rings. The third kappa shape index (κ3) is 2.16. The smallest absolute Gasteiger partial charge is 0.220 e. The van der Waals surface area contributed by atoms with E-state index in [-0.39, 0.29) is 11.6 Å². The minimum Gasteiger partial charge on any atom is -0.476 e. The summed E-state index contributed by atoms with van der Waals surface area (Å²) in [5.74, 6) is 0.730. The van der Waals surface area contributed by atoms with Crippen molar-refractivity contribution in [2.24, 2.45) is 4.99 Å². The summed E-state index contributed by atoms with van der Waals surface area (Å²) < 4.78 is 11.8. The van der Waals surface area contributed by atoms with Gasteiger partial charge < -0.3 is 9.47 Å². The Balaban J connectivity index is 1.89. The second-order valence-corrected chi connectivity index (χ2v) is 6.31. The van der Waals surface area contributed by atoms with Crippen LogP contribution in [0.4, 0.5) is 0 Å². The van der Waals surface area contributed by atoms with E-state index < -0.39 is 5.60 Å². The van der Waals surface area contributed by atoms with E-state index in [1.165, 1.54) is 11.1 Å². The Hall–Kier alpha value is -1.61. The van der Waals surface area contributed by atoms with Crippen molar-refractivity contribution in [2.45, 2.75) is 44.4 Å². The first-order valence-corrected chi connectivity index (χ1v) is 7.05. The summed E-state index contributed by atoms with van der Waals surface area (Å²) in [6.07, 6.45) is 2.63. The second kappa shape index (κ2) is 4.45. The zero-order valence-electron chi connectivity index (χ0n) is 12.3. The van der Waals surface area contributed by atoms with E-state index in [4.69, 9.17) is 9.47 Å². The van der Waals surface area contributed by atoms with Crippen LogP contribution in [0.15, 0.2) is 41.9 Å². The maximum Gasteiger partial charge on any atom is 0.220 e. The fourth-order valence-electron chi connectivity index (χ4n) is 2.68. The average Bonchev–Trinajstić information content (AvgIpc) is 3.00. The lowest BCUT2D eigenvalue weighted by molar-refractivity contribution is 0.246. The molecule has 0 aliphatic carbocycles. The number of epoxide rings is 1. The van der Waals surface area contributed by atoms with Gasteiger partial charge in [-0.3, -0.25) is 0 Å². The van der Waals surface area contributed by atoms with Crippen LogP contribution in [0.25, 0.3) is 0 Å². The molecule has 3 heteroatoms. The first-order chi connectivity index (χ1) is 9.47. The van der Waals surface area contributed by atoms with Gasteiger partial charge in [0, 0.05) is 6.42 Å². The van der Waals surface area contributed by atoms with Crippen LogP contribution in [-0.4, -0.2) is 23.6 Å². The lowest BCUT2D eigenvalue weighted by Gasteiger charge is -2.10. The molecule has 0 aromatic heterocycles. The fourth-order valence-corrected chi connectivity index (χ4v) is 2.68. The van der Waals surface area contributed by atoms with Gasteiger partial charge in [0.25, 0.3) is 0 Å². The minimum absolute atomic E-state index is 0.0220. The molecule has 106 valence electrons. The quantitative estimate of drug-likeness (QED) is 0.619. The summed E-state index contributed by atoms with van der Waals surface area (Å²) in [4.78, 5) is 4.69. The number of benzene rings is 1. The van der Waals surface area contributed by atoms with E-state index in [0.29, 0.717) is 6.61 Å². The third-order valence-electron chi connectivity index (χ3n) is 3.85. The zero-order chi connectivity index (χ0) is 14.4. The monoisotopic (exact) mass is 271 g/mol. The highest BCUT2D eigenvalue weighted by Crippen LogP contribution is 2.54. The van der Waals surface area contributed by atoms with Gasteiger partial charge in [-0.15, -0.1) is 6.58 Å². The minimum atomic E-state index is -0.440. The zero-order valence-corrected chi connectivity index (χ0v) is 12.3. The van der Waals surface area contributed by atoms with Gasteiger partial charge in [0.05, 0.1) is 5.54 Å². The van der Waals surface area contributed by atoms with Gasteiger partial charge in [0.2, 0.25) is 5.90 Å². The van der Waals surface area contributed by atoms with Gasteiger partial charge in [0.1, 0.15) is 12.7 Å². The fraction of sp³-hybridized carbons (Fsp3) is 0.471. The molecule has 0 saturated carbocycles. The van der Waals surface area contributed by atoms with Crippen LogP contribution < -0.4 is 0 Å². The van der Waals surface area contributed by atoms with Crippen molar-refractivity contribution in [3.63, 3.8) is 0 Å². The van der Waals surface area contributed by atoms with Crippen LogP contribution >= 0.6 is 0 Å². The Morgan fingerprint density at radius 3 is 2.60 bits per heavy atom. The number of hydrogen-bond donors (Lipinski definition) is 0. The molecule has 3 rings (SSSR count). The lowest BCUT2D eigenvalue weighted by Crippen LogP contribution is -2.25. The van der Waals surface area contributed by atoms with Gasteiger partial charge in [-0.1, -0.05) is 35.9 Å². The summed E-state index contributed by atoms with van der Waals surface area (Å²) in [6.45, 7) is 10.7. The number of hydrogen-bond acceptors (Lipinski definition) is 3. The topological polar surface area (TPSA) is 34.1 Å². The number of nitrogens with zero attached hydrogens (tertiary/aromatic N) is 1.